The minimum Gasteiger partial charge on any atom is -0.388 e. The summed E-state index contributed by atoms with van der Waals surface area (Å²) in [6, 6.07) is 12.0. The van der Waals surface area contributed by atoms with Crippen molar-refractivity contribution in [2.24, 2.45) is 0 Å². The summed E-state index contributed by atoms with van der Waals surface area (Å²) in [6.07, 6.45) is -4.79. The molecule has 1 N–H and O–H groups in total. The summed E-state index contributed by atoms with van der Waals surface area (Å²) in [5.41, 5.74) is 0.709. The fourth-order valence-corrected chi connectivity index (χ4v) is 2.12. The van der Waals surface area contributed by atoms with Gasteiger partial charge in [0.2, 0.25) is 0 Å². The predicted octanol–water partition coefficient (Wildman–Crippen LogP) is 4.74. The lowest BCUT2D eigenvalue weighted by atomic mass is 10.0. The number of halogens is 4. The van der Waals surface area contributed by atoms with Crippen LogP contribution in [0.5, 0.6) is 0 Å². The number of aliphatic hydroxyl groups excluding tert-OH is 1. The lowest BCUT2D eigenvalue weighted by molar-refractivity contribution is -0.137. The summed E-state index contributed by atoms with van der Waals surface area (Å²) < 4.78 is 38.2. The van der Waals surface area contributed by atoms with Crippen molar-refractivity contribution in [3.63, 3.8) is 0 Å². The van der Waals surface area contributed by atoms with Crippen LogP contribution in [0.25, 0.3) is 0 Å². The molecule has 0 aliphatic rings. The first-order chi connectivity index (χ1) is 9.36. The highest BCUT2D eigenvalue weighted by molar-refractivity contribution is 9.10. The van der Waals surface area contributed by atoms with E-state index in [-0.39, 0.29) is 6.42 Å². The van der Waals surface area contributed by atoms with Gasteiger partial charge < -0.3 is 5.11 Å². The minimum atomic E-state index is -4.33. The molecule has 1 unspecified atom stereocenters. The zero-order valence-electron chi connectivity index (χ0n) is 10.4. The van der Waals surface area contributed by atoms with E-state index in [4.69, 9.17) is 0 Å². The van der Waals surface area contributed by atoms with Crippen molar-refractivity contribution in [2.75, 3.05) is 0 Å². The Balaban J connectivity index is 2.08. The molecule has 2 rings (SSSR count). The van der Waals surface area contributed by atoms with E-state index in [0.29, 0.717) is 5.56 Å². The van der Waals surface area contributed by atoms with Gasteiger partial charge in [-0.25, -0.2) is 0 Å². The highest BCUT2D eigenvalue weighted by Crippen LogP contribution is 2.29. The van der Waals surface area contributed by atoms with Crippen LogP contribution in [-0.4, -0.2) is 5.11 Å². The van der Waals surface area contributed by atoms with E-state index in [1.54, 1.807) is 12.1 Å². The van der Waals surface area contributed by atoms with E-state index in [1.165, 1.54) is 12.1 Å². The third-order valence-electron chi connectivity index (χ3n) is 2.97. The van der Waals surface area contributed by atoms with Crippen molar-refractivity contribution in [2.45, 2.75) is 18.7 Å². The Kier molecular flexibility index (Phi) is 4.50. The molecule has 0 spiro atoms. The van der Waals surface area contributed by atoms with Gasteiger partial charge in [0.1, 0.15) is 0 Å². The predicted molar refractivity (Wildman–Crippen MR) is 74.2 cm³/mol. The van der Waals surface area contributed by atoms with Gasteiger partial charge in [0, 0.05) is 10.9 Å². The van der Waals surface area contributed by atoms with Crippen LogP contribution in [0.2, 0.25) is 0 Å². The Bertz CT molecular complexity index is 561. The summed E-state index contributed by atoms with van der Waals surface area (Å²) in [6.45, 7) is 0. The molecule has 2 aromatic rings. The number of rotatable bonds is 3. The molecule has 0 aliphatic heterocycles. The second kappa shape index (κ2) is 5.97. The second-order valence-corrected chi connectivity index (χ2v) is 5.38. The van der Waals surface area contributed by atoms with Gasteiger partial charge >= 0.3 is 6.18 Å². The Morgan fingerprint density at radius 1 is 0.950 bits per heavy atom. The van der Waals surface area contributed by atoms with E-state index in [1.807, 2.05) is 12.1 Å². The first-order valence-electron chi connectivity index (χ1n) is 5.96. The molecule has 0 saturated carbocycles. The van der Waals surface area contributed by atoms with Gasteiger partial charge in [-0.05, 0) is 35.4 Å². The average molecular weight is 345 g/mol. The van der Waals surface area contributed by atoms with Crippen LogP contribution in [0, 0.1) is 0 Å². The first-order valence-corrected chi connectivity index (χ1v) is 6.75. The van der Waals surface area contributed by atoms with E-state index >= 15 is 0 Å². The van der Waals surface area contributed by atoms with Gasteiger partial charge in [0.15, 0.2) is 0 Å². The topological polar surface area (TPSA) is 20.2 Å². The summed E-state index contributed by atoms with van der Waals surface area (Å²) in [7, 11) is 0. The summed E-state index contributed by atoms with van der Waals surface area (Å²) >= 11 is 3.30. The highest BCUT2D eigenvalue weighted by Gasteiger charge is 2.29. The summed E-state index contributed by atoms with van der Waals surface area (Å²) in [5, 5.41) is 10.1. The lowest BCUT2D eigenvalue weighted by Gasteiger charge is -2.12. The number of benzene rings is 2. The molecular formula is C15H12BrF3O. The summed E-state index contributed by atoms with van der Waals surface area (Å²) in [5.74, 6) is 0. The van der Waals surface area contributed by atoms with Gasteiger partial charge in [-0.2, -0.15) is 13.2 Å². The molecule has 0 fully saturated rings. The molecule has 0 bridgehead atoms. The normalized spacial score (nSPS) is 13.2. The molecule has 1 atom stereocenters. The maximum Gasteiger partial charge on any atom is 0.416 e. The SMILES string of the molecule is OC(Cc1ccc(C(F)(F)F)cc1)c1ccc(Br)cc1. The summed E-state index contributed by atoms with van der Waals surface area (Å²) in [4.78, 5) is 0. The molecular weight excluding hydrogens is 333 g/mol. The largest absolute Gasteiger partial charge is 0.416 e. The van der Waals surface area contributed by atoms with Gasteiger partial charge in [0.05, 0.1) is 11.7 Å². The zero-order valence-corrected chi connectivity index (χ0v) is 11.9. The number of hydrogen-bond acceptors (Lipinski definition) is 1. The van der Waals surface area contributed by atoms with Crippen molar-refractivity contribution in [1.29, 1.82) is 0 Å². The van der Waals surface area contributed by atoms with Crippen LogP contribution < -0.4 is 0 Å². The van der Waals surface area contributed by atoms with E-state index in [9.17, 15) is 18.3 Å². The monoisotopic (exact) mass is 344 g/mol. The standard InChI is InChI=1S/C15H12BrF3O/c16-13-7-3-11(4-8-13)14(20)9-10-1-5-12(6-2-10)15(17,18)19/h1-8,14,20H,9H2. The minimum absolute atomic E-state index is 0.278. The maximum atomic E-state index is 12.4. The van der Waals surface area contributed by atoms with Gasteiger partial charge in [-0.1, -0.05) is 40.2 Å². The molecule has 2 aromatic carbocycles. The molecule has 0 radical (unpaired) electrons. The van der Waals surface area contributed by atoms with Crippen LogP contribution >= 0.6 is 15.9 Å². The smallest absolute Gasteiger partial charge is 0.388 e. The fraction of sp³-hybridized carbons (Fsp3) is 0.200. The van der Waals surface area contributed by atoms with E-state index < -0.39 is 17.8 Å². The first kappa shape index (κ1) is 15.1. The molecule has 0 heterocycles. The van der Waals surface area contributed by atoms with Crippen LogP contribution in [-0.2, 0) is 12.6 Å². The Morgan fingerprint density at radius 3 is 2.00 bits per heavy atom. The molecule has 0 aromatic heterocycles. The lowest BCUT2D eigenvalue weighted by Crippen LogP contribution is -2.06. The Morgan fingerprint density at radius 2 is 1.50 bits per heavy atom. The molecule has 0 saturated heterocycles. The highest BCUT2D eigenvalue weighted by atomic mass is 79.9. The third kappa shape index (κ3) is 3.84. The van der Waals surface area contributed by atoms with E-state index in [0.717, 1.165) is 22.2 Å². The van der Waals surface area contributed by atoms with Crippen molar-refractivity contribution < 1.29 is 18.3 Å². The van der Waals surface area contributed by atoms with Crippen LogP contribution in [0.15, 0.2) is 53.0 Å². The molecule has 106 valence electrons. The number of alkyl halides is 3. The number of aliphatic hydroxyl groups is 1. The molecule has 20 heavy (non-hydrogen) atoms. The molecule has 0 amide bonds. The van der Waals surface area contributed by atoms with Crippen LogP contribution in [0.3, 0.4) is 0 Å². The molecule has 1 nitrogen and oxygen atoms in total. The third-order valence-corrected chi connectivity index (χ3v) is 3.49. The van der Waals surface area contributed by atoms with Gasteiger partial charge in [0.25, 0.3) is 0 Å². The second-order valence-electron chi connectivity index (χ2n) is 4.47. The maximum absolute atomic E-state index is 12.4. The van der Waals surface area contributed by atoms with Crippen LogP contribution in [0.1, 0.15) is 22.8 Å². The molecule has 0 aliphatic carbocycles. The molecule has 5 heteroatoms. The average Bonchev–Trinajstić information content (AvgIpc) is 2.39. The Hall–Kier alpha value is -1.33. The van der Waals surface area contributed by atoms with Crippen molar-refractivity contribution >= 4 is 15.9 Å². The Labute approximate surface area is 123 Å². The van der Waals surface area contributed by atoms with Gasteiger partial charge in [-0.15, -0.1) is 0 Å². The van der Waals surface area contributed by atoms with Crippen molar-refractivity contribution in [1.82, 2.24) is 0 Å². The van der Waals surface area contributed by atoms with Crippen molar-refractivity contribution in [3.8, 4) is 0 Å². The van der Waals surface area contributed by atoms with Crippen LogP contribution in [0.4, 0.5) is 13.2 Å². The van der Waals surface area contributed by atoms with Gasteiger partial charge in [-0.3, -0.25) is 0 Å². The fourth-order valence-electron chi connectivity index (χ4n) is 1.86. The van der Waals surface area contributed by atoms with E-state index in [2.05, 4.69) is 15.9 Å². The zero-order chi connectivity index (χ0) is 14.8. The van der Waals surface area contributed by atoms with Crippen molar-refractivity contribution in [3.05, 3.63) is 69.7 Å². The quantitative estimate of drug-likeness (QED) is 0.852. The number of hydrogen-bond donors (Lipinski definition) is 1.